The number of nitrogens with zero attached hydrogens (tertiary/aromatic N) is 2. The summed E-state index contributed by atoms with van der Waals surface area (Å²) in [6, 6.07) is 14.8. The highest BCUT2D eigenvalue weighted by Gasteiger charge is 2.24. The predicted octanol–water partition coefficient (Wildman–Crippen LogP) is 2.37. The topological polar surface area (TPSA) is 68.3 Å². The quantitative estimate of drug-likeness (QED) is 0.572. The van der Waals surface area contributed by atoms with Crippen molar-refractivity contribution >= 4 is 10.0 Å². The summed E-state index contributed by atoms with van der Waals surface area (Å²) in [5.41, 5.74) is 1.63. The van der Waals surface area contributed by atoms with E-state index in [0.29, 0.717) is 37.8 Å². The summed E-state index contributed by atoms with van der Waals surface area (Å²) in [5.74, 6) is 1.18. The first-order valence-electron chi connectivity index (χ1n) is 10.0. The van der Waals surface area contributed by atoms with Gasteiger partial charge in [-0.15, -0.1) is 0 Å². The first-order chi connectivity index (χ1) is 14.5. The molecule has 164 valence electrons. The van der Waals surface area contributed by atoms with Crippen molar-refractivity contribution in [1.82, 2.24) is 9.21 Å². The van der Waals surface area contributed by atoms with Gasteiger partial charge in [0.25, 0.3) is 0 Å². The fourth-order valence-corrected chi connectivity index (χ4v) is 4.95. The minimum atomic E-state index is -3.51. The van der Waals surface area contributed by atoms with Crippen LogP contribution >= 0.6 is 0 Å². The molecule has 0 bridgehead atoms. The molecule has 0 aliphatic carbocycles. The van der Waals surface area contributed by atoms with Crippen molar-refractivity contribution in [2.24, 2.45) is 0 Å². The zero-order valence-corrected chi connectivity index (χ0v) is 18.4. The Bertz CT molecular complexity index is 899. The zero-order valence-electron chi connectivity index (χ0n) is 17.6. The van der Waals surface area contributed by atoms with E-state index in [1.165, 1.54) is 0 Å². The van der Waals surface area contributed by atoms with E-state index >= 15 is 0 Å². The van der Waals surface area contributed by atoms with Gasteiger partial charge < -0.3 is 14.2 Å². The van der Waals surface area contributed by atoms with Gasteiger partial charge in [0.2, 0.25) is 10.0 Å². The second-order valence-corrected chi connectivity index (χ2v) is 9.19. The number of benzene rings is 2. The predicted molar refractivity (Wildman–Crippen MR) is 116 cm³/mol. The fraction of sp³-hybridized carbons (Fsp3) is 0.455. The van der Waals surface area contributed by atoms with E-state index in [-0.39, 0.29) is 12.3 Å². The third-order valence-corrected chi connectivity index (χ3v) is 6.96. The van der Waals surface area contributed by atoms with Gasteiger partial charge in [-0.25, -0.2) is 8.42 Å². The number of rotatable bonds is 10. The van der Waals surface area contributed by atoms with Gasteiger partial charge in [-0.1, -0.05) is 36.4 Å². The highest BCUT2D eigenvalue weighted by Crippen LogP contribution is 2.28. The third-order valence-electron chi connectivity index (χ3n) is 5.16. The van der Waals surface area contributed by atoms with Crippen molar-refractivity contribution < 1.29 is 22.6 Å². The standard InChI is InChI=1S/C22H30N2O5S/c1-27-21-9-8-20(16-22(21)28-2)17-24(11-10-23-12-14-29-15-13-23)30(25,26)18-19-6-4-3-5-7-19/h3-9,16H,10-15,17-18H2,1-2H3. The Kier molecular flexibility index (Phi) is 8.09. The van der Waals surface area contributed by atoms with E-state index in [2.05, 4.69) is 4.90 Å². The average molecular weight is 435 g/mol. The van der Waals surface area contributed by atoms with Crippen molar-refractivity contribution in [3.8, 4) is 11.5 Å². The molecule has 0 aromatic heterocycles. The summed E-state index contributed by atoms with van der Waals surface area (Å²) in [6.45, 7) is 4.39. The Balaban J connectivity index is 1.79. The maximum atomic E-state index is 13.3. The van der Waals surface area contributed by atoms with E-state index in [9.17, 15) is 8.42 Å². The molecule has 30 heavy (non-hydrogen) atoms. The van der Waals surface area contributed by atoms with Crippen LogP contribution in [0.5, 0.6) is 11.5 Å². The minimum Gasteiger partial charge on any atom is -0.493 e. The molecule has 1 aliphatic heterocycles. The van der Waals surface area contributed by atoms with Crippen LogP contribution < -0.4 is 9.47 Å². The lowest BCUT2D eigenvalue weighted by molar-refractivity contribution is 0.0361. The normalized spacial score (nSPS) is 15.3. The fourth-order valence-electron chi connectivity index (χ4n) is 3.45. The van der Waals surface area contributed by atoms with E-state index in [1.54, 1.807) is 24.6 Å². The lowest BCUT2D eigenvalue weighted by atomic mass is 10.2. The van der Waals surface area contributed by atoms with Crippen LogP contribution in [0.3, 0.4) is 0 Å². The summed E-state index contributed by atoms with van der Waals surface area (Å²) in [4.78, 5) is 2.24. The molecule has 0 unspecified atom stereocenters. The Morgan fingerprint density at radius 3 is 2.33 bits per heavy atom. The molecular weight excluding hydrogens is 404 g/mol. The van der Waals surface area contributed by atoms with Crippen molar-refractivity contribution in [3.05, 3.63) is 59.7 Å². The van der Waals surface area contributed by atoms with Crippen LogP contribution in [0.25, 0.3) is 0 Å². The molecule has 1 heterocycles. The summed E-state index contributed by atoms with van der Waals surface area (Å²) >= 11 is 0. The molecule has 8 heteroatoms. The van der Waals surface area contributed by atoms with Crippen LogP contribution in [-0.4, -0.2) is 71.2 Å². The SMILES string of the molecule is COc1ccc(CN(CCN2CCOCC2)S(=O)(=O)Cc2ccccc2)cc1OC. The lowest BCUT2D eigenvalue weighted by Crippen LogP contribution is -2.43. The number of sulfonamides is 1. The lowest BCUT2D eigenvalue weighted by Gasteiger charge is -2.30. The summed E-state index contributed by atoms with van der Waals surface area (Å²) in [5, 5.41) is 0. The Morgan fingerprint density at radius 2 is 1.67 bits per heavy atom. The molecular formula is C22H30N2O5S. The van der Waals surface area contributed by atoms with Gasteiger partial charge >= 0.3 is 0 Å². The number of morpholine rings is 1. The van der Waals surface area contributed by atoms with Crippen LogP contribution in [0, 0.1) is 0 Å². The molecule has 0 amide bonds. The molecule has 1 saturated heterocycles. The van der Waals surface area contributed by atoms with Crippen molar-refractivity contribution in [2.45, 2.75) is 12.3 Å². The molecule has 0 atom stereocenters. The van der Waals surface area contributed by atoms with Crippen molar-refractivity contribution in [1.29, 1.82) is 0 Å². The maximum Gasteiger partial charge on any atom is 0.218 e. The summed E-state index contributed by atoms with van der Waals surface area (Å²) in [7, 11) is -0.353. The molecule has 0 radical (unpaired) electrons. The highest BCUT2D eigenvalue weighted by molar-refractivity contribution is 7.88. The first-order valence-corrected chi connectivity index (χ1v) is 11.7. The van der Waals surface area contributed by atoms with E-state index < -0.39 is 10.0 Å². The molecule has 3 rings (SSSR count). The van der Waals surface area contributed by atoms with Crippen LogP contribution in [0.15, 0.2) is 48.5 Å². The van der Waals surface area contributed by atoms with Crippen molar-refractivity contribution in [3.63, 3.8) is 0 Å². The average Bonchev–Trinajstić information content (AvgIpc) is 2.77. The minimum absolute atomic E-state index is 0.0236. The third kappa shape index (κ3) is 6.18. The molecule has 7 nitrogen and oxygen atoms in total. The van der Waals surface area contributed by atoms with Crippen LogP contribution in [0.4, 0.5) is 0 Å². The number of hydrogen-bond donors (Lipinski definition) is 0. The van der Waals surface area contributed by atoms with Gasteiger partial charge in [0.05, 0.1) is 33.2 Å². The molecule has 1 fully saturated rings. The van der Waals surface area contributed by atoms with Crippen LogP contribution in [0.1, 0.15) is 11.1 Å². The molecule has 2 aromatic rings. The van der Waals surface area contributed by atoms with Crippen LogP contribution in [0.2, 0.25) is 0 Å². The Labute approximate surface area is 179 Å². The van der Waals surface area contributed by atoms with Gasteiger partial charge in [-0.3, -0.25) is 4.90 Å². The van der Waals surface area contributed by atoms with Crippen LogP contribution in [-0.2, 0) is 27.1 Å². The second kappa shape index (κ2) is 10.8. The zero-order chi connectivity index (χ0) is 21.4. The van der Waals surface area contributed by atoms with Gasteiger partial charge in [0.1, 0.15) is 0 Å². The van der Waals surface area contributed by atoms with Crippen molar-refractivity contribution in [2.75, 3.05) is 53.6 Å². The van der Waals surface area contributed by atoms with E-state index in [4.69, 9.17) is 14.2 Å². The largest absolute Gasteiger partial charge is 0.493 e. The van der Waals surface area contributed by atoms with E-state index in [0.717, 1.165) is 24.2 Å². The summed E-state index contributed by atoms with van der Waals surface area (Å²) < 4.78 is 44.2. The highest BCUT2D eigenvalue weighted by atomic mass is 32.2. The number of hydrogen-bond acceptors (Lipinski definition) is 6. The van der Waals surface area contributed by atoms with Gasteiger partial charge in [-0.2, -0.15) is 4.31 Å². The molecule has 0 saturated carbocycles. The Hall–Kier alpha value is -2.13. The Morgan fingerprint density at radius 1 is 0.967 bits per heavy atom. The molecule has 0 N–H and O–H groups in total. The molecule has 0 spiro atoms. The second-order valence-electron chi connectivity index (χ2n) is 7.22. The molecule has 1 aliphatic rings. The monoisotopic (exact) mass is 434 g/mol. The number of methoxy groups -OCH3 is 2. The maximum absolute atomic E-state index is 13.3. The summed E-state index contributed by atoms with van der Waals surface area (Å²) in [6.07, 6.45) is 0. The first kappa shape index (κ1) is 22.6. The van der Waals surface area contributed by atoms with E-state index in [1.807, 2.05) is 42.5 Å². The van der Waals surface area contributed by atoms with Gasteiger partial charge in [-0.05, 0) is 23.3 Å². The van der Waals surface area contributed by atoms with Gasteiger partial charge in [0, 0.05) is 32.7 Å². The van der Waals surface area contributed by atoms with Gasteiger partial charge in [0.15, 0.2) is 11.5 Å². The smallest absolute Gasteiger partial charge is 0.218 e. The molecule has 2 aromatic carbocycles. The number of ether oxygens (including phenoxy) is 3.